The Hall–Kier alpha value is -2.27. The van der Waals surface area contributed by atoms with Gasteiger partial charge in [0.15, 0.2) is 0 Å². The van der Waals surface area contributed by atoms with Crippen LogP contribution in [0.2, 0.25) is 0 Å². The third-order valence-corrected chi connectivity index (χ3v) is 5.28. The van der Waals surface area contributed by atoms with Gasteiger partial charge in [-0.15, -0.1) is 0 Å². The molecule has 0 N–H and O–H groups in total. The highest BCUT2D eigenvalue weighted by molar-refractivity contribution is 5.88. The molecule has 1 aliphatic heterocycles. The van der Waals surface area contributed by atoms with E-state index in [1.165, 1.54) is 17.7 Å². The molecule has 3 aromatic rings. The van der Waals surface area contributed by atoms with Gasteiger partial charge < -0.3 is 9.47 Å². The maximum absolute atomic E-state index is 13.3. The van der Waals surface area contributed by atoms with Crippen molar-refractivity contribution >= 4 is 10.9 Å². The average molecular weight is 358 g/mol. The van der Waals surface area contributed by atoms with E-state index in [4.69, 9.17) is 0 Å². The molecule has 0 aliphatic carbocycles. The van der Waals surface area contributed by atoms with Crippen LogP contribution in [0.5, 0.6) is 0 Å². The van der Waals surface area contributed by atoms with Crippen LogP contribution >= 0.6 is 0 Å². The molecular weight excluding hydrogens is 337 g/mol. The molecule has 0 fully saturated rings. The van der Waals surface area contributed by atoms with E-state index in [2.05, 4.69) is 28.5 Å². The number of hydrogen-bond acceptors (Lipinski definition) is 1. The van der Waals surface area contributed by atoms with Crippen LogP contribution in [-0.2, 0) is 25.6 Å². The van der Waals surface area contributed by atoms with Crippen molar-refractivity contribution in [1.29, 1.82) is 0 Å². The molecule has 4 rings (SSSR count). The second kappa shape index (κ2) is 6.16. The van der Waals surface area contributed by atoms with Gasteiger partial charge in [0.05, 0.1) is 11.1 Å². The summed E-state index contributed by atoms with van der Waals surface area (Å²) in [5.74, 6) is 0. The van der Waals surface area contributed by atoms with E-state index in [0.717, 1.165) is 41.8 Å². The third-order valence-electron chi connectivity index (χ3n) is 5.28. The Morgan fingerprint density at radius 1 is 1.08 bits per heavy atom. The van der Waals surface area contributed by atoms with Crippen LogP contribution in [0.4, 0.5) is 13.2 Å². The van der Waals surface area contributed by atoms with E-state index in [0.29, 0.717) is 11.9 Å². The molecule has 0 saturated carbocycles. The van der Waals surface area contributed by atoms with Crippen molar-refractivity contribution in [3.05, 3.63) is 64.8 Å². The smallest absolute Gasteiger partial charge is 0.313 e. The summed E-state index contributed by atoms with van der Waals surface area (Å²) < 4.78 is 41.9. The monoisotopic (exact) mass is 358 g/mol. The molecule has 0 radical (unpaired) electrons. The highest BCUT2D eigenvalue weighted by atomic mass is 19.4. The second-order valence-corrected chi connectivity index (χ2v) is 6.96. The molecule has 0 spiro atoms. The molecule has 0 bridgehead atoms. The van der Waals surface area contributed by atoms with Crippen LogP contribution < -0.4 is 0 Å². The Balaban J connectivity index is 2.04. The molecule has 0 unspecified atom stereocenters. The minimum absolute atomic E-state index is 0.582. The lowest BCUT2D eigenvalue weighted by atomic mass is 10.0. The largest absolute Gasteiger partial charge is 0.416 e. The van der Waals surface area contributed by atoms with Crippen molar-refractivity contribution in [2.45, 2.75) is 32.5 Å². The predicted octanol–water partition coefficient (Wildman–Crippen LogP) is 5.20. The predicted molar refractivity (Wildman–Crippen MR) is 97.7 cm³/mol. The zero-order valence-electron chi connectivity index (χ0n) is 14.9. The Morgan fingerprint density at radius 2 is 1.85 bits per heavy atom. The number of hydrogen-bond donors (Lipinski definition) is 0. The van der Waals surface area contributed by atoms with Crippen molar-refractivity contribution in [3.8, 4) is 5.69 Å². The van der Waals surface area contributed by atoms with E-state index in [-0.39, 0.29) is 0 Å². The third kappa shape index (κ3) is 2.71. The fourth-order valence-corrected chi connectivity index (χ4v) is 3.97. The lowest BCUT2D eigenvalue weighted by molar-refractivity contribution is -0.137. The van der Waals surface area contributed by atoms with Gasteiger partial charge in [-0.1, -0.05) is 25.1 Å². The van der Waals surface area contributed by atoms with Crippen molar-refractivity contribution < 1.29 is 13.2 Å². The van der Waals surface area contributed by atoms with E-state index in [1.807, 2.05) is 19.2 Å². The number of para-hydroxylation sites is 1. The first-order chi connectivity index (χ1) is 12.4. The molecule has 26 heavy (non-hydrogen) atoms. The minimum Gasteiger partial charge on any atom is -0.313 e. The zero-order valence-corrected chi connectivity index (χ0v) is 14.9. The van der Waals surface area contributed by atoms with Gasteiger partial charge in [-0.2, -0.15) is 13.2 Å². The molecule has 2 aromatic carbocycles. The molecule has 1 aliphatic rings. The van der Waals surface area contributed by atoms with Gasteiger partial charge in [0.2, 0.25) is 0 Å². The second-order valence-electron chi connectivity index (χ2n) is 6.96. The minimum atomic E-state index is -4.33. The zero-order chi connectivity index (χ0) is 18.5. The summed E-state index contributed by atoms with van der Waals surface area (Å²) in [5.41, 5.74) is 4.71. The van der Waals surface area contributed by atoms with Gasteiger partial charge in [0, 0.05) is 36.3 Å². The molecule has 136 valence electrons. The summed E-state index contributed by atoms with van der Waals surface area (Å²) in [5, 5.41) is 0.715. The van der Waals surface area contributed by atoms with Crippen LogP contribution in [0.15, 0.2) is 42.5 Å². The molecular formula is C21H21F3N2. The molecule has 2 heterocycles. The highest BCUT2D eigenvalue weighted by Crippen LogP contribution is 2.38. The van der Waals surface area contributed by atoms with Gasteiger partial charge in [-0.3, -0.25) is 0 Å². The van der Waals surface area contributed by atoms with E-state index in [1.54, 1.807) is 6.07 Å². The van der Waals surface area contributed by atoms with E-state index < -0.39 is 11.7 Å². The van der Waals surface area contributed by atoms with E-state index in [9.17, 15) is 13.2 Å². The van der Waals surface area contributed by atoms with Crippen LogP contribution in [0.3, 0.4) is 0 Å². The number of alkyl halides is 3. The van der Waals surface area contributed by atoms with Gasteiger partial charge in [0.1, 0.15) is 0 Å². The van der Waals surface area contributed by atoms with Crippen molar-refractivity contribution in [3.63, 3.8) is 0 Å². The average Bonchev–Trinajstić information content (AvgIpc) is 2.93. The summed E-state index contributed by atoms with van der Waals surface area (Å²) in [6, 6.07) is 12.3. The fraction of sp³-hybridized carbons (Fsp3) is 0.333. The molecule has 5 heteroatoms. The quantitative estimate of drug-likeness (QED) is 0.611. The van der Waals surface area contributed by atoms with Gasteiger partial charge in [-0.25, -0.2) is 0 Å². The van der Waals surface area contributed by atoms with Crippen LogP contribution in [0, 0.1) is 0 Å². The number of likely N-dealkylation sites (N-methyl/N-ethyl adjacent to an activating group) is 1. The maximum Gasteiger partial charge on any atom is 0.416 e. The van der Waals surface area contributed by atoms with Crippen LogP contribution in [-0.4, -0.2) is 23.1 Å². The Morgan fingerprint density at radius 3 is 2.58 bits per heavy atom. The number of aryl methyl sites for hydroxylation is 1. The first kappa shape index (κ1) is 17.2. The lowest BCUT2D eigenvalue weighted by Gasteiger charge is -2.24. The van der Waals surface area contributed by atoms with Crippen LogP contribution in [0.25, 0.3) is 16.6 Å². The summed E-state index contributed by atoms with van der Waals surface area (Å²) in [7, 11) is 2.01. The topological polar surface area (TPSA) is 8.17 Å². The lowest BCUT2D eigenvalue weighted by Crippen LogP contribution is -2.27. The number of fused-ring (bicyclic) bond motifs is 3. The normalized spacial score (nSPS) is 15.4. The van der Waals surface area contributed by atoms with E-state index >= 15 is 0 Å². The standard InChI is InChI=1S/C21H21F3N2/c1-3-14-6-4-5-7-18(14)26-19-9-8-15(21(22,23)24)12-16(19)17-13-25(2)11-10-20(17)26/h4-9,12H,3,10-11,13H2,1-2H3. The van der Waals surface area contributed by atoms with Gasteiger partial charge in [-0.05, 0) is 48.9 Å². The molecule has 0 saturated heterocycles. The Labute approximate surface area is 150 Å². The molecule has 0 atom stereocenters. The number of nitrogens with zero attached hydrogens (tertiary/aromatic N) is 2. The van der Waals surface area contributed by atoms with Crippen molar-refractivity contribution in [2.75, 3.05) is 13.6 Å². The van der Waals surface area contributed by atoms with Gasteiger partial charge >= 0.3 is 6.18 Å². The number of benzene rings is 2. The van der Waals surface area contributed by atoms with Crippen molar-refractivity contribution in [1.82, 2.24) is 9.47 Å². The summed E-state index contributed by atoms with van der Waals surface area (Å²) >= 11 is 0. The first-order valence-corrected chi connectivity index (χ1v) is 8.90. The summed E-state index contributed by atoms with van der Waals surface area (Å²) in [6.07, 6.45) is -2.61. The fourth-order valence-electron chi connectivity index (χ4n) is 3.97. The summed E-state index contributed by atoms with van der Waals surface area (Å²) in [4.78, 5) is 2.16. The Bertz CT molecular complexity index is 969. The molecule has 1 aromatic heterocycles. The summed E-state index contributed by atoms with van der Waals surface area (Å²) in [6.45, 7) is 3.69. The molecule has 0 amide bonds. The Kier molecular flexibility index (Phi) is 4.07. The molecule has 2 nitrogen and oxygen atoms in total. The maximum atomic E-state index is 13.3. The van der Waals surface area contributed by atoms with Crippen molar-refractivity contribution in [2.24, 2.45) is 0 Å². The van der Waals surface area contributed by atoms with Crippen LogP contribution in [0.1, 0.15) is 29.3 Å². The number of aromatic nitrogens is 1. The first-order valence-electron chi connectivity index (χ1n) is 8.90. The number of halogens is 3. The SMILES string of the molecule is CCc1ccccc1-n1c2c(c3cc(C(F)(F)F)ccc31)CN(C)CC2. The van der Waals surface area contributed by atoms with Gasteiger partial charge in [0.25, 0.3) is 0 Å². The highest BCUT2D eigenvalue weighted by Gasteiger charge is 2.32. The number of rotatable bonds is 2.